The van der Waals surface area contributed by atoms with Crippen LogP contribution in [0.15, 0.2) is 48.5 Å². The summed E-state index contributed by atoms with van der Waals surface area (Å²) in [5.74, 6) is -0.645. The van der Waals surface area contributed by atoms with Crippen LogP contribution in [0.1, 0.15) is 17.9 Å². The van der Waals surface area contributed by atoms with Crippen molar-refractivity contribution in [1.82, 2.24) is 5.32 Å². The van der Waals surface area contributed by atoms with Gasteiger partial charge in [0.25, 0.3) is 0 Å². The van der Waals surface area contributed by atoms with E-state index in [1.807, 2.05) is 42.5 Å². The van der Waals surface area contributed by atoms with Gasteiger partial charge in [0, 0.05) is 44.0 Å². The summed E-state index contributed by atoms with van der Waals surface area (Å²) >= 11 is 0. The average Bonchev–Trinajstić information content (AvgIpc) is 2.77. The Morgan fingerprint density at radius 3 is 2.33 bits per heavy atom. The van der Waals surface area contributed by atoms with Crippen molar-refractivity contribution in [3.05, 3.63) is 54.1 Å². The number of methoxy groups -OCH3 is 1. The largest absolute Gasteiger partial charge is 0.497 e. The summed E-state index contributed by atoms with van der Waals surface area (Å²) in [6, 6.07) is 14.7. The van der Waals surface area contributed by atoms with Crippen LogP contribution in [0.3, 0.4) is 0 Å². The van der Waals surface area contributed by atoms with Gasteiger partial charge in [0.1, 0.15) is 5.75 Å². The number of anilines is 2. The van der Waals surface area contributed by atoms with Crippen LogP contribution in [-0.2, 0) is 4.79 Å². The number of benzene rings is 2. The number of rotatable bonds is 5. The van der Waals surface area contributed by atoms with Crippen molar-refractivity contribution >= 4 is 35.8 Å². The Morgan fingerprint density at radius 1 is 1.07 bits per heavy atom. The zero-order valence-corrected chi connectivity index (χ0v) is 18.2. The van der Waals surface area contributed by atoms with E-state index in [4.69, 9.17) is 4.74 Å². The molecule has 1 saturated heterocycles. The highest BCUT2D eigenvalue weighted by Crippen LogP contribution is 2.32. The molecular formula is C22H28ClN3O4. The number of aliphatic carboxylic acids is 1. The lowest BCUT2D eigenvalue weighted by molar-refractivity contribution is -0.143. The minimum atomic E-state index is -0.774. The first-order valence-electron chi connectivity index (χ1n) is 9.61. The van der Waals surface area contributed by atoms with Crippen molar-refractivity contribution in [2.24, 2.45) is 5.92 Å². The number of ether oxygens (including phenoxy) is 1. The van der Waals surface area contributed by atoms with E-state index in [2.05, 4.69) is 5.32 Å². The summed E-state index contributed by atoms with van der Waals surface area (Å²) in [6.45, 7) is 1.32. The summed E-state index contributed by atoms with van der Waals surface area (Å²) in [7, 11) is 5.01. The van der Waals surface area contributed by atoms with Gasteiger partial charge in [0.05, 0.1) is 13.0 Å². The van der Waals surface area contributed by atoms with Gasteiger partial charge in [-0.05, 0) is 42.8 Å². The number of carboxylic acids is 1. The van der Waals surface area contributed by atoms with Crippen LogP contribution >= 0.6 is 12.4 Å². The van der Waals surface area contributed by atoms with Crippen molar-refractivity contribution in [1.29, 1.82) is 0 Å². The second-order valence-corrected chi connectivity index (χ2v) is 7.24. The molecule has 30 heavy (non-hydrogen) atoms. The highest BCUT2D eigenvalue weighted by molar-refractivity contribution is 6.03. The van der Waals surface area contributed by atoms with Gasteiger partial charge in [-0.1, -0.05) is 18.2 Å². The third-order valence-electron chi connectivity index (χ3n) is 5.50. The molecule has 0 spiro atoms. The Balaban J connectivity index is 0.00000320. The SMILES string of the molecule is COc1cccc(N(C)C(=O)N(C)c2cccc([C@@H]3CNCC[C@H]3C(=O)O)c2)c1.Cl. The standard InChI is InChI=1S/C22H27N3O4.ClH/c1-24(22(28)25(2)17-8-5-9-18(13-17)29-3)16-7-4-6-15(12-16)20-14-23-11-10-19(20)21(26)27;/h4-9,12-13,19-20,23H,10-11,14H2,1-3H3,(H,26,27);1H/t19-,20+;/m1./s1. The fraction of sp³-hybridized carbons (Fsp3) is 0.364. The predicted octanol–water partition coefficient (Wildman–Crippen LogP) is 3.59. The first kappa shape index (κ1) is 23.5. The molecule has 162 valence electrons. The summed E-state index contributed by atoms with van der Waals surface area (Å²) < 4.78 is 5.24. The van der Waals surface area contributed by atoms with Crippen LogP contribution in [0.2, 0.25) is 0 Å². The molecule has 1 aliphatic rings. The molecule has 8 heteroatoms. The van der Waals surface area contributed by atoms with E-state index >= 15 is 0 Å². The Labute approximate surface area is 183 Å². The molecule has 0 saturated carbocycles. The number of nitrogens with zero attached hydrogens (tertiary/aromatic N) is 2. The molecule has 0 aliphatic carbocycles. The first-order valence-corrected chi connectivity index (χ1v) is 9.61. The van der Waals surface area contributed by atoms with Crippen molar-refractivity contribution in [3.63, 3.8) is 0 Å². The number of halogens is 1. The Hall–Kier alpha value is -2.77. The lowest BCUT2D eigenvalue weighted by Gasteiger charge is -2.31. The normalized spacial score (nSPS) is 18.1. The van der Waals surface area contributed by atoms with Crippen molar-refractivity contribution in [3.8, 4) is 5.75 Å². The van der Waals surface area contributed by atoms with Gasteiger partial charge < -0.3 is 15.2 Å². The van der Waals surface area contributed by atoms with Crippen LogP contribution in [0, 0.1) is 5.92 Å². The highest BCUT2D eigenvalue weighted by atomic mass is 35.5. The van der Waals surface area contributed by atoms with E-state index < -0.39 is 11.9 Å². The lowest BCUT2D eigenvalue weighted by Crippen LogP contribution is -2.40. The summed E-state index contributed by atoms with van der Waals surface area (Å²) in [4.78, 5) is 27.8. The van der Waals surface area contributed by atoms with Gasteiger partial charge in [-0.25, -0.2) is 4.79 Å². The minimum Gasteiger partial charge on any atom is -0.497 e. The van der Waals surface area contributed by atoms with E-state index in [-0.39, 0.29) is 24.4 Å². The third kappa shape index (κ3) is 5.04. The van der Waals surface area contributed by atoms with E-state index in [1.54, 1.807) is 37.1 Å². The number of carbonyl (C=O) groups excluding carboxylic acids is 1. The zero-order valence-electron chi connectivity index (χ0n) is 17.4. The van der Waals surface area contributed by atoms with Gasteiger partial charge >= 0.3 is 12.0 Å². The number of hydrogen-bond acceptors (Lipinski definition) is 4. The molecule has 2 aromatic carbocycles. The van der Waals surface area contributed by atoms with Crippen LogP contribution in [-0.4, -0.2) is 51.4 Å². The molecule has 0 aromatic heterocycles. The molecule has 0 radical (unpaired) electrons. The van der Waals surface area contributed by atoms with Gasteiger partial charge in [-0.15, -0.1) is 12.4 Å². The van der Waals surface area contributed by atoms with Crippen LogP contribution in [0.5, 0.6) is 5.75 Å². The van der Waals surface area contributed by atoms with Crippen molar-refractivity contribution < 1.29 is 19.4 Å². The van der Waals surface area contributed by atoms with Crippen molar-refractivity contribution in [2.75, 3.05) is 44.1 Å². The van der Waals surface area contributed by atoms with E-state index in [1.165, 1.54) is 0 Å². The molecule has 1 fully saturated rings. The Bertz CT molecular complexity index is 892. The monoisotopic (exact) mass is 433 g/mol. The second kappa shape index (κ2) is 10.3. The smallest absolute Gasteiger partial charge is 0.328 e. The first-order chi connectivity index (χ1) is 13.9. The highest BCUT2D eigenvalue weighted by Gasteiger charge is 2.32. The van der Waals surface area contributed by atoms with E-state index in [9.17, 15) is 14.7 Å². The number of carboxylic acid groups (broad SMARTS) is 1. The van der Waals surface area contributed by atoms with Crippen molar-refractivity contribution in [2.45, 2.75) is 12.3 Å². The maximum atomic E-state index is 13.0. The molecule has 0 bridgehead atoms. The molecule has 2 N–H and O–H groups in total. The average molecular weight is 434 g/mol. The van der Waals surface area contributed by atoms with Crippen LogP contribution in [0.25, 0.3) is 0 Å². The molecular weight excluding hydrogens is 406 g/mol. The zero-order chi connectivity index (χ0) is 21.0. The maximum absolute atomic E-state index is 13.0. The molecule has 2 aromatic rings. The van der Waals surface area contributed by atoms with Gasteiger partial charge in [-0.2, -0.15) is 0 Å². The Kier molecular flexibility index (Phi) is 8.08. The summed E-state index contributed by atoms with van der Waals surface area (Å²) in [5, 5.41) is 12.8. The number of carbonyl (C=O) groups is 2. The summed E-state index contributed by atoms with van der Waals surface area (Å²) in [5.41, 5.74) is 2.36. The number of urea groups is 1. The second-order valence-electron chi connectivity index (χ2n) is 7.24. The number of hydrogen-bond donors (Lipinski definition) is 2. The lowest BCUT2D eigenvalue weighted by atomic mass is 9.81. The van der Waals surface area contributed by atoms with Crippen LogP contribution in [0.4, 0.5) is 16.2 Å². The number of amides is 2. The van der Waals surface area contributed by atoms with Gasteiger partial charge in [0.2, 0.25) is 0 Å². The third-order valence-corrected chi connectivity index (χ3v) is 5.50. The fourth-order valence-electron chi connectivity index (χ4n) is 3.73. The molecule has 1 heterocycles. The maximum Gasteiger partial charge on any atom is 0.328 e. The van der Waals surface area contributed by atoms with E-state index in [0.29, 0.717) is 25.3 Å². The molecule has 1 aliphatic heterocycles. The molecule has 7 nitrogen and oxygen atoms in total. The molecule has 3 rings (SSSR count). The predicted molar refractivity (Wildman–Crippen MR) is 120 cm³/mol. The fourth-order valence-corrected chi connectivity index (χ4v) is 3.73. The number of piperidine rings is 1. The minimum absolute atomic E-state index is 0. The number of nitrogens with one attached hydrogen (secondary N) is 1. The Morgan fingerprint density at radius 2 is 1.70 bits per heavy atom. The van der Waals surface area contributed by atoms with E-state index in [0.717, 1.165) is 16.9 Å². The molecule has 0 unspecified atom stereocenters. The van der Waals surface area contributed by atoms with Gasteiger partial charge in [-0.3, -0.25) is 14.6 Å². The molecule has 2 atom stereocenters. The van der Waals surface area contributed by atoms with Crippen LogP contribution < -0.4 is 19.9 Å². The van der Waals surface area contributed by atoms with Gasteiger partial charge in [0.15, 0.2) is 0 Å². The summed E-state index contributed by atoms with van der Waals surface area (Å²) in [6.07, 6.45) is 0.595. The molecule has 2 amide bonds. The quantitative estimate of drug-likeness (QED) is 0.753. The topological polar surface area (TPSA) is 82.1 Å².